The Morgan fingerprint density at radius 2 is 1.75 bits per heavy atom. The first kappa shape index (κ1) is 18.6. The van der Waals surface area contributed by atoms with Crippen LogP contribution in [0.3, 0.4) is 0 Å². The summed E-state index contributed by atoms with van der Waals surface area (Å²) in [5.74, 6) is 0.604. The summed E-state index contributed by atoms with van der Waals surface area (Å²) in [5, 5.41) is 2.48. The Labute approximate surface area is 147 Å². The summed E-state index contributed by atoms with van der Waals surface area (Å²) in [7, 11) is 0. The van der Waals surface area contributed by atoms with E-state index in [0.29, 0.717) is 24.0 Å². The average Bonchev–Trinajstić information content (AvgIpc) is 2.54. The first-order valence-electron chi connectivity index (χ1n) is 7.88. The highest BCUT2D eigenvalue weighted by atomic mass is 35.5. The molecule has 1 heterocycles. The predicted octanol–water partition coefficient (Wildman–Crippen LogP) is 4.23. The second-order valence-electron chi connectivity index (χ2n) is 6.50. The smallest absolute Gasteiger partial charge is 0.157 e. The molecule has 0 spiro atoms. The quantitative estimate of drug-likeness (QED) is 0.744. The lowest BCUT2D eigenvalue weighted by molar-refractivity contribution is 0.106. The number of benzene rings is 1. The van der Waals surface area contributed by atoms with Crippen molar-refractivity contribution in [3.05, 3.63) is 58.6 Å². The first-order chi connectivity index (χ1) is 11.4. The summed E-state index contributed by atoms with van der Waals surface area (Å²) < 4.78 is 22.9. The van der Waals surface area contributed by atoms with E-state index in [0.717, 1.165) is 11.1 Å². The van der Waals surface area contributed by atoms with E-state index in [9.17, 15) is 4.39 Å². The molecular weight excluding hydrogens is 330 g/mol. The zero-order chi connectivity index (χ0) is 17.6. The number of alkyl halides is 1. The predicted molar refractivity (Wildman–Crippen MR) is 93.6 cm³/mol. The SMILES string of the molecule is CC(C)(C)N1C=C(Cl)C(OCc2ccc(COCC[18F])cc2)=CN1. The van der Waals surface area contributed by atoms with Crippen molar-refractivity contribution < 1.29 is 13.9 Å². The van der Waals surface area contributed by atoms with Crippen molar-refractivity contribution in [2.45, 2.75) is 39.5 Å². The zero-order valence-corrected chi connectivity index (χ0v) is 15.1. The third-order valence-electron chi connectivity index (χ3n) is 3.44. The second-order valence-corrected chi connectivity index (χ2v) is 6.91. The Morgan fingerprint density at radius 3 is 2.29 bits per heavy atom. The molecule has 0 amide bonds. The highest BCUT2D eigenvalue weighted by molar-refractivity contribution is 6.31. The van der Waals surface area contributed by atoms with Crippen LogP contribution in [0.15, 0.2) is 47.5 Å². The van der Waals surface area contributed by atoms with Gasteiger partial charge in [-0.2, -0.15) is 0 Å². The highest BCUT2D eigenvalue weighted by Gasteiger charge is 2.22. The maximum Gasteiger partial charge on any atom is 0.157 e. The molecule has 24 heavy (non-hydrogen) atoms. The van der Waals surface area contributed by atoms with E-state index in [4.69, 9.17) is 21.1 Å². The number of hydrogen-bond donors (Lipinski definition) is 1. The van der Waals surface area contributed by atoms with Crippen LogP contribution in [0.2, 0.25) is 0 Å². The van der Waals surface area contributed by atoms with Gasteiger partial charge >= 0.3 is 0 Å². The van der Waals surface area contributed by atoms with E-state index in [2.05, 4.69) is 26.2 Å². The van der Waals surface area contributed by atoms with E-state index in [1.54, 1.807) is 6.20 Å². The van der Waals surface area contributed by atoms with Gasteiger partial charge in [-0.05, 0) is 31.9 Å². The Hall–Kier alpha value is -1.72. The molecule has 0 aliphatic carbocycles. The largest absolute Gasteiger partial charge is 0.486 e. The molecule has 132 valence electrons. The van der Waals surface area contributed by atoms with E-state index >= 15 is 0 Å². The van der Waals surface area contributed by atoms with Crippen molar-refractivity contribution in [1.29, 1.82) is 0 Å². The summed E-state index contributed by atoms with van der Waals surface area (Å²) in [6.45, 7) is 6.74. The molecule has 0 saturated heterocycles. The Balaban J connectivity index is 1.85. The lowest BCUT2D eigenvalue weighted by atomic mass is 10.1. The van der Waals surface area contributed by atoms with Gasteiger partial charge in [0, 0.05) is 6.20 Å². The van der Waals surface area contributed by atoms with Gasteiger partial charge in [0.2, 0.25) is 0 Å². The summed E-state index contributed by atoms with van der Waals surface area (Å²) in [6, 6.07) is 7.82. The molecule has 0 fully saturated rings. The molecule has 0 bridgehead atoms. The lowest BCUT2D eigenvalue weighted by Crippen LogP contribution is -2.46. The van der Waals surface area contributed by atoms with E-state index in [1.165, 1.54) is 0 Å². The van der Waals surface area contributed by atoms with Crippen LogP contribution < -0.4 is 5.43 Å². The number of hydrogen-bond acceptors (Lipinski definition) is 4. The molecule has 1 aromatic carbocycles. The number of rotatable bonds is 7. The molecule has 1 N–H and O–H groups in total. The first-order valence-corrected chi connectivity index (χ1v) is 8.25. The van der Waals surface area contributed by atoms with Crippen LogP contribution in [-0.2, 0) is 22.7 Å². The molecule has 0 unspecified atom stereocenters. The fourth-order valence-electron chi connectivity index (χ4n) is 2.05. The van der Waals surface area contributed by atoms with Crippen LogP contribution in [0.4, 0.5) is 4.39 Å². The van der Waals surface area contributed by atoms with E-state index in [1.807, 2.05) is 35.5 Å². The molecule has 1 aromatic rings. The second kappa shape index (κ2) is 8.40. The number of ether oxygens (including phenoxy) is 2. The fraction of sp³-hybridized carbons (Fsp3) is 0.444. The van der Waals surface area contributed by atoms with Crippen molar-refractivity contribution in [3.63, 3.8) is 0 Å². The molecule has 0 radical (unpaired) electrons. The Bertz CT molecular complexity index is 594. The summed E-state index contributed by atoms with van der Waals surface area (Å²) >= 11 is 6.28. The van der Waals surface area contributed by atoms with Gasteiger partial charge in [-0.25, -0.2) is 4.39 Å². The molecule has 2 rings (SSSR count). The van der Waals surface area contributed by atoms with Crippen molar-refractivity contribution in [1.82, 2.24) is 10.4 Å². The van der Waals surface area contributed by atoms with Gasteiger partial charge in [-0.1, -0.05) is 35.9 Å². The maximum atomic E-state index is 12.0. The number of hydrazine groups is 1. The van der Waals surface area contributed by atoms with Crippen LogP contribution in [0.1, 0.15) is 31.9 Å². The lowest BCUT2D eigenvalue weighted by Gasteiger charge is -2.36. The minimum absolute atomic E-state index is 0.0811. The molecule has 0 atom stereocenters. The van der Waals surface area contributed by atoms with E-state index in [-0.39, 0.29) is 12.1 Å². The number of nitrogens with one attached hydrogen (secondary N) is 1. The molecule has 0 aromatic heterocycles. The molecule has 0 saturated carbocycles. The monoisotopic (exact) mass is 353 g/mol. The van der Waals surface area contributed by atoms with Crippen LogP contribution in [0.5, 0.6) is 0 Å². The highest BCUT2D eigenvalue weighted by Crippen LogP contribution is 2.24. The fourth-order valence-corrected chi connectivity index (χ4v) is 2.25. The summed E-state index contributed by atoms with van der Waals surface area (Å²) in [6.07, 6.45) is 3.58. The molecule has 1 aliphatic rings. The van der Waals surface area contributed by atoms with Crippen molar-refractivity contribution in [2.24, 2.45) is 0 Å². The van der Waals surface area contributed by atoms with Crippen LogP contribution >= 0.6 is 11.6 Å². The van der Waals surface area contributed by atoms with Gasteiger partial charge in [0.25, 0.3) is 0 Å². The number of halogens is 2. The molecule has 4 nitrogen and oxygen atoms in total. The number of nitrogens with zero attached hydrogens (tertiary/aromatic N) is 1. The topological polar surface area (TPSA) is 33.7 Å². The molecular formula is C18H24ClFN2O2. The van der Waals surface area contributed by atoms with Crippen molar-refractivity contribution >= 4 is 11.6 Å². The average molecular weight is 354 g/mol. The minimum atomic E-state index is -0.462. The Morgan fingerprint density at radius 1 is 1.12 bits per heavy atom. The van der Waals surface area contributed by atoms with Crippen molar-refractivity contribution in [2.75, 3.05) is 13.3 Å². The van der Waals surface area contributed by atoms with Gasteiger partial charge in [-0.3, -0.25) is 5.01 Å². The van der Waals surface area contributed by atoms with E-state index < -0.39 is 6.67 Å². The van der Waals surface area contributed by atoms with Crippen LogP contribution in [0, 0.1) is 0 Å². The number of allylic oxidation sites excluding steroid dienone is 1. The van der Waals surface area contributed by atoms with Gasteiger partial charge in [0.05, 0.1) is 25.0 Å². The van der Waals surface area contributed by atoms with Gasteiger partial charge < -0.3 is 14.9 Å². The third-order valence-corrected chi connectivity index (χ3v) is 3.73. The summed E-state index contributed by atoms with van der Waals surface area (Å²) in [5.41, 5.74) is 5.10. The zero-order valence-electron chi connectivity index (χ0n) is 14.3. The van der Waals surface area contributed by atoms with Crippen LogP contribution in [-0.4, -0.2) is 23.8 Å². The molecule has 6 heteroatoms. The Kier molecular flexibility index (Phi) is 6.52. The molecule has 1 aliphatic heterocycles. The maximum absolute atomic E-state index is 12.0. The summed E-state index contributed by atoms with van der Waals surface area (Å²) in [4.78, 5) is 0. The van der Waals surface area contributed by atoms with Gasteiger partial charge in [0.15, 0.2) is 5.76 Å². The van der Waals surface area contributed by atoms with Crippen LogP contribution in [0.25, 0.3) is 0 Å². The standard InChI is InChI=1S/C18H24ClFN2O2/c1-18(2,3)22-11-16(19)17(10-21-22)24-13-15-6-4-14(5-7-15)12-23-9-8-20/h4-7,10-11,21H,8-9,12-13H2,1-3H3/i20-1. The minimum Gasteiger partial charge on any atom is -0.486 e. The van der Waals surface area contributed by atoms with Gasteiger partial charge in [-0.15, -0.1) is 0 Å². The van der Waals surface area contributed by atoms with Gasteiger partial charge in [0.1, 0.15) is 18.3 Å². The normalized spacial score (nSPS) is 14.8. The van der Waals surface area contributed by atoms with Crippen molar-refractivity contribution in [3.8, 4) is 0 Å². The third kappa shape index (κ3) is 5.42.